The SMILES string of the molecule is CCCCCCCCCC(=O)NCCC(=O)NC(Cc1c[nH]c2ccccc12)C(=O)OC. The Morgan fingerprint density at radius 3 is 2.44 bits per heavy atom. The van der Waals surface area contributed by atoms with Crippen LogP contribution in [0.15, 0.2) is 30.5 Å². The third-order valence-electron chi connectivity index (χ3n) is 5.60. The fraction of sp³-hybridized carbons (Fsp3) is 0.560. The number of H-pyrrole nitrogens is 1. The zero-order valence-corrected chi connectivity index (χ0v) is 19.4. The van der Waals surface area contributed by atoms with Crippen molar-refractivity contribution in [1.82, 2.24) is 15.6 Å². The molecule has 7 heteroatoms. The number of hydrogen-bond acceptors (Lipinski definition) is 4. The van der Waals surface area contributed by atoms with Crippen molar-refractivity contribution in [3.8, 4) is 0 Å². The van der Waals surface area contributed by atoms with Gasteiger partial charge in [0.15, 0.2) is 0 Å². The monoisotopic (exact) mass is 443 g/mol. The minimum Gasteiger partial charge on any atom is -0.467 e. The maximum absolute atomic E-state index is 12.4. The van der Waals surface area contributed by atoms with Gasteiger partial charge in [-0.3, -0.25) is 9.59 Å². The van der Waals surface area contributed by atoms with E-state index in [0.717, 1.165) is 29.3 Å². The minimum atomic E-state index is -0.782. The van der Waals surface area contributed by atoms with Crippen molar-refractivity contribution in [1.29, 1.82) is 0 Å². The third kappa shape index (κ3) is 8.73. The van der Waals surface area contributed by atoms with Gasteiger partial charge in [-0.05, 0) is 18.1 Å². The van der Waals surface area contributed by atoms with Crippen LogP contribution in [0, 0.1) is 0 Å². The summed E-state index contributed by atoms with van der Waals surface area (Å²) in [6.07, 6.45) is 10.9. The fourth-order valence-corrected chi connectivity index (χ4v) is 3.77. The zero-order valence-electron chi connectivity index (χ0n) is 19.4. The van der Waals surface area contributed by atoms with Crippen LogP contribution in [0.5, 0.6) is 0 Å². The summed E-state index contributed by atoms with van der Waals surface area (Å²) in [6.45, 7) is 2.45. The summed E-state index contributed by atoms with van der Waals surface area (Å²) in [6, 6.07) is 7.01. The highest BCUT2D eigenvalue weighted by atomic mass is 16.5. The molecule has 2 rings (SSSR count). The average Bonchev–Trinajstić information content (AvgIpc) is 3.20. The number of rotatable bonds is 15. The van der Waals surface area contributed by atoms with E-state index in [1.165, 1.54) is 39.2 Å². The predicted octanol–water partition coefficient (Wildman–Crippen LogP) is 4.02. The zero-order chi connectivity index (χ0) is 23.2. The Balaban J connectivity index is 1.71. The lowest BCUT2D eigenvalue weighted by atomic mass is 10.0. The summed E-state index contributed by atoms with van der Waals surface area (Å²) in [4.78, 5) is 39.7. The van der Waals surface area contributed by atoms with E-state index in [4.69, 9.17) is 4.74 Å². The second-order valence-corrected chi connectivity index (χ2v) is 8.18. The van der Waals surface area contributed by atoms with Gasteiger partial charge in [0, 0.05) is 42.9 Å². The van der Waals surface area contributed by atoms with Crippen molar-refractivity contribution >= 4 is 28.7 Å². The van der Waals surface area contributed by atoms with Crippen molar-refractivity contribution in [3.63, 3.8) is 0 Å². The first-order chi connectivity index (χ1) is 15.5. The average molecular weight is 444 g/mol. The smallest absolute Gasteiger partial charge is 0.328 e. The molecule has 3 N–H and O–H groups in total. The number of carbonyl (C=O) groups excluding carboxylic acids is 3. The van der Waals surface area contributed by atoms with Crippen LogP contribution in [0.3, 0.4) is 0 Å². The number of nitrogens with one attached hydrogen (secondary N) is 3. The summed E-state index contributed by atoms with van der Waals surface area (Å²) in [5, 5.41) is 6.54. The van der Waals surface area contributed by atoms with Crippen LogP contribution in [0.1, 0.15) is 70.3 Å². The Labute approximate surface area is 190 Å². The number of hydrogen-bond donors (Lipinski definition) is 3. The van der Waals surface area contributed by atoms with Crippen molar-refractivity contribution in [3.05, 3.63) is 36.0 Å². The van der Waals surface area contributed by atoms with Crippen molar-refractivity contribution in [2.45, 2.75) is 77.2 Å². The van der Waals surface area contributed by atoms with Gasteiger partial charge in [0.05, 0.1) is 7.11 Å². The molecular weight excluding hydrogens is 406 g/mol. The first-order valence-electron chi connectivity index (χ1n) is 11.7. The Bertz CT molecular complexity index is 862. The van der Waals surface area contributed by atoms with Gasteiger partial charge in [-0.15, -0.1) is 0 Å². The second kappa shape index (κ2) is 14.3. The van der Waals surface area contributed by atoms with Crippen LogP contribution >= 0.6 is 0 Å². The molecule has 176 valence electrons. The van der Waals surface area contributed by atoms with Crippen LogP contribution in [-0.2, 0) is 25.5 Å². The number of amides is 2. The maximum Gasteiger partial charge on any atom is 0.328 e. The highest BCUT2D eigenvalue weighted by Gasteiger charge is 2.23. The third-order valence-corrected chi connectivity index (χ3v) is 5.60. The fourth-order valence-electron chi connectivity index (χ4n) is 3.77. The molecule has 0 fully saturated rings. The van der Waals surface area contributed by atoms with Crippen LogP contribution < -0.4 is 10.6 Å². The molecule has 0 bridgehead atoms. The van der Waals surface area contributed by atoms with Crippen molar-refractivity contribution in [2.75, 3.05) is 13.7 Å². The highest BCUT2D eigenvalue weighted by molar-refractivity contribution is 5.87. The van der Waals surface area contributed by atoms with Gasteiger partial charge >= 0.3 is 5.97 Å². The number of benzene rings is 1. The van der Waals surface area contributed by atoms with Gasteiger partial charge in [-0.1, -0.05) is 63.6 Å². The quantitative estimate of drug-likeness (QED) is 0.286. The summed E-state index contributed by atoms with van der Waals surface area (Å²) >= 11 is 0. The van der Waals surface area contributed by atoms with Gasteiger partial charge in [0.1, 0.15) is 6.04 Å². The van der Waals surface area contributed by atoms with E-state index in [2.05, 4.69) is 22.5 Å². The molecular formula is C25H37N3O4. The van der Waals surface area contributed by atoms with Crippen molar-refractivity contribution in [2.24, 2.45) is 0 Å². The molecule has 7 nitrogen and oxygen atoms in total. The summed E-state index contributed by atoms with van der Waals surface area (Å²) in [7, 11) is 1.31. The molecule has 1 heterocycles. The van der Waals surface area contributed by atoms with E-state index in [9.17, 15) is 14.4 Å². The molecule has 1 unspecified atom stereocenters. The lowest BCUT2D eigenvalue weighted by Crippen LogP contribution is -2.44. The van der Waals surface area contributed by atoms with Crippen LogP contribution in [0.4, 0.5) is 0 Å². The van der Waals surface area contributed by atoms with Crippen LogP contribution in [-0.4, -0.2) is 42.5 Å². The van der Waals surface area contributed by atoms with E-state index in [1.54, 1.807) is 0 Å². The molecule has 0 aliphatic carbocycles. The number of aromatic amines is 1. The largest absolute Gasteiger partial charge is 0.467 e. The number of para-hydroxylation sites is 1. The molecule has 0 aliphatic heterocycles. The molecule has 2 amide bonds. The number of fused-ring (bicyclic) bond motifs is 1. The number of ether oxygens (including phenoxy) is 1. The number of aromatic nitrogens is 1. The van der Waals surface area contributed by atoms with E-state index >= 15 is 0 Å². The summed E-state index contributed by atoms with van der Waals surface area (Å²) in [5.41, 5.74) is 1.90. The topological polar surface area (TPSA) is 100 Å². The molecule has 32 heavy (non-hydrogen) atoms. The van der Waals surface area contributed by atoms with Gasteiger partial charge in [-0.2, -0.15) is 0 Å². The maximum atomic E-state index is 12.4. The standard InChI is InChI=1S/C25H37N3O4/c1-3-4-5-6-7-8-9-14-23(29)26-16-15-24(30)28-22(25(31)32-2)17-19-18-27-21-13-11-10-12-20(19)21/h10-13,18,22,27H,3-9,14-17H2,1-2H3,(H,26,29)(H,28,30). The molecule has 0 aliphatic rings. The number of unbranched alkanes of at least 4 members (excludes halogenated alkanes) is 6. The first kappa shape index (κ1) is 25.4. The molecule has 0 saturated carbocycles. The molecule has 0 spiro atoms. The van der Waals surface area contributed by atoms with Crippen LogP contribution in [0.25, 0.3) is 10.9 Å². The first-order valence-corrected chi connectivity index (χ1v) is 11.7. The minimum absolute atomic E-state index is 0.0327. The second-order valence-electron chi connectivity index (χ2n) is 8.18. The van der Waals surface area contributed by atoms with Gasteiger partial charge in [-0.25, -0.2) is 4.79 Å². The Kier molecular flexibility index (Phi) is 11.3. The molecule has 1 aromatic carbocycles. The normalized spacial score (nSPS) is 11.8. The number of carbonyl (C=O) groups is 3. The van der Waals surface area contributed by atoms with Gasteiger partial charge in [0.2, 0.25) is 11.8 Å². The lowest BCUT2D eigenvalue weighted by molar-refractivity contribution is -0.145. The summed E-state index contributed by atoms with van der Waals surface area (Å²) in [5.74, 6) is -0.822. The van der Waals surface area contributed by atoms with Crippen molar-refractivity contribution < 1.29 is 19.1 Å². The summed E-state index contributed by atoms with van der Waals surface area (Å²) < 4.78 is 4.87. The number of esters is 1. The Morgan fingerprint density at radius 1 is 0.969 bits per heavy atom. The van der Waals surface area contributed by atoms with Gasteiger partial charge < -0.3 is 20.4 Å². The van der Waals surface area contributed by atoms with Crippen LogP contribution in [0.2, 0.25) is 0 Å². The molecule has 0 saturated heterocycles. The Morgan fingerprint density at radius 2 is 1.69 bits per heavy atom. The van der Waals surface area contributed by atoms with E-state index in [0.29, 0.717) is 12.8 Å². The van der Waals surface area contributed by atoms with E-state index in [1.807, 2.05) is 30.5 Å². The van der Waals surface area contributed by atoms with E-state index in [-0.39, 0.29) is 24.8 Å². The van der Waals surface area contributed by atoms with Gasteiger partial charge in [0.25, 0.3) is 0 Å². The van der Waals surface area contributed by atoms with E-state index < -0.39 is 12.0 Å². The molecule has 1 aromatic heterocycles. The predicted molar refractivity (Wildman–Crippen MR) is 126 cm³/mol. The highest BCUT2D eigenvalue weighted by Crippen LogP contribution is 2.19. The molecule has 0 radical (unpaired) electrons. The lowest BCUT2D eigenvalue weighted by Gasteiger charge is -2.16. The molecule has 2 aromatic rings. The number of methoxy groups -OCH3 is 1. The molecule has 1 atom stereocenters. The Hall–Kier alpha value is -2.83.